The van der Waals surface area contributed by atoms with E-state index in [9.17, 15) is 10.1 Å². The van der Waals surface area contributed by atoms with E-state index in [-0.39, 0.29) is 11.4 Å². The van der Waals surface area contributed by atoms with Gasteiger partial charge in [0.15, 0.2) is 0 Å². The molecular formula is C12H18N2O5. The summed E-state index contributed by atoms with van der Waals surface area (Å²) in [5, 5.41) is 10.5. The third-order valence-electron chi connectivity index (χ3n) is 2.33. The number of anilines is 1. The zero-order valence-corrected chi connectivity index (χ0v) is 10.8. The molecule has 106 valence electrons. The lowest BCUT2D eigenvalue weighted by molar-refractivity contribution is -0.384. The smallest absolute Gasteiger partial charge is 0.271 e. The van der Waals surface area contributed by atoms with Gasteiger partial charge in [0.05, 0.1) is 30.4 Å². The van der Waals surface area contributed by atoms with Crippen molar-refractivity contribution in [2.45, 2.75) is 6.42 Å². The summed E-state index contributed by atoms with van der Waals surface area (Å²) >= 11 is 0. The summed E-state index contributed by atoms with van der Waals surface area (Å²) in [5.74, 6) is 0.447. The third kappa shape index (κ3) is 5.54. The number of nitro groups is 1. The fourth-order valence-corrected chi connectivity index (χ4v) is 1.37. The lowest BCUT2D eigenvalue weighted by atomic mass is 10.2. The Morgan fingerprint density at radius 2 is 2.05 bits per heavy atom. The van der Waals surface area contributed by atoms with E-state index in [4.69, 9.17) is 19.9 Å². The summed E-state index contributed by atoms with van der Waals surface area (Å²) in [6.45, 7) is 2.12. The average molecular weight is 270 g/mol. The van der Waals surface area contributed by atoms with E-state index in [1.165, 1.54) is 18.2 Å². The SMILES string of the molecule is COCCOCCCOc1ccc([N+](=O)[O-])cc1N. The van der Waals surface area contributed by atoms with Crippen molar-refractivity contribution >= 4 is 11.4 Å². The number of methoxy groups -OCH3 is 1. The van der Waals surface area contributed by atoms with Gasteiger partial charge in [-0.3, -0.25) is 10.1 Å². The van der Waals surface area contributed by atoms with Crippen LogP contribution in [0, 0.1) is 10.1 Å². The van der Waals surface area contributed by atoms with Crippen molar-refractivity contribution in [3.05, 3.63) is 28.3 Å². The summed E-state index contributed by atoms with van der Waals surface area (Å²) in [6, 6.07) is 4.14. The molecule has 0 heterocycles. The fraction of sp³-hybridized carbons (Fsp3) is 0.500. The zero-order valence-electron chi connectivity index (χ0n) is 10.8. The molecule has 0 aliphatic carbocycles. The molecule has 19 heavy (non-hydrogen) atoms. The maximum Gasteiger partial charge on any atom is 0.271 e. The van der Waals surface area contributed by atoms with Gasteiger partial charge >= 0.3 is 0 Å². The summed E-state index contributed by atoms with van der Waals surface area (Å²) in [5.41, 5.74) is 5.87. The summed E-state index contributed by atoms with van der Waals surface area (Å²) in [7, 11) is 1.61. The van der Waals surface area contributed by atoms with Gasteiger partial charge in [0.2, 0.25) is 0 Å². The van der Waals surface area contributed by atoms with Crippen molar-refractivity contribution in [2.24, 2.45) is 0 Å². The van der Waals surface area contributed by atoms with Crippen LogP contribution in [0.3, 0.4) is 0 Å². The normalized spacial score (nSPS) is 10.4. The molecule has 0 bridgehead atoms. The molecule has 0 spiro atoms. The molecule has 1 rings (SSSR count). The molecule has 7 heteroatoms. The standard InChI is InChI=1S/C12H18N2O5/c1-17-7-8-18-5-2-6-19-12-4-3-10(14(15)16)9-11(12)13/h3-4,9H,2,5-8,13H2,1H3. The van der Waals surface area contributed by atoms with Gasteiger partial charge in [0, 0.05) is 32.3 Å². The number of nitrogens with two attached hydrogens (primary N) is 1. The Morgan fingerprint density at radius 3 is 2.68 bits per heavy atom. The molecule has 0 amide bonds. The molecular weight excluding hydrogens is 252 g/mol. The molecule has 7 nitrogen and oxygen atoms in total. The highest BCUT2D eigenvalue weighted by Crippen LogP contribution is 2.26. The monoisotopic (exact) mass is 270 g/mol. The summed E-state index contributed by atoms with van der Waals surface area (Å²) in [6.07, 6.45) is 0.708. The van der Waals surface area contributed by atoms with Crippen LogP contribution in [0.15, 0.2) is 18.2 Å². The highest BCUT2D eigenvalue weighted by Gasteiger charge is 2.09. The number of non-ortho nitro benzene ring substituents is 1. The molecule has 2 N–H and O–H groups in total. The average Bonchev–Trinajstić information content (AvgIpc) is 2.39. The number of benzene rings is 1. The summed E-state index contributed by atoms with van der Waals surface area (Å²) < 4.78 is 15.5. The van der Waals surface area contributed by atoms with Gasteiger partial charge in [-0.15, -0.1) is 0 Å². The second-order valence-electron chi connectivity index (χ2n) is 3.79. The predicted molar refractivity (Wildman–Crippen MR) is 70.3 cm³/mol. The van der Waals surface area contributed by atoms with E-state index in [0.717, 1.165) is 0 Å². The molecule has 0 radical (unpaired) electrons. The number of nitrogen functional groups attached to an aromatic ring is 1. The largest absolute Gasteiger partial charge is 0.491 e. The van der Waals surface area contributed by atoms with Crippen LogP contribution < -0.4 is 10.5 Å². The first-order valence-corrected chi connectivity index (χ1v) is 5.88. The molecule has 0 fully saturated rings. The molecule has 0 saturated carbocycles. The van der Waals surface area contributed by atoms with Gasteiger partial charge in [-0.1, -0.05) is 0 Å². The molecule has 0 atom stereocenters. The first-order chi connectivity index (χ1) is 9.15. The first-order valence-electron chi connectivity index (χ1n) is 5.88. The van der Waals surface area contributed by atoms with E-state index < -0.39 is 4.92 Å². The summed E-state index contributed by atoms with van der Waals surface area (Å²) in [4.78, 5) is 10.0. The maximum atomic E-state index is 10.5. The first kappa shape index (κ1) is 15.2. The number of nitro benzene ring substituents is 1. The van der Waals surface area contributed by atoms with E-state index in [0.29, 0.717) is 38.6 Å². The van der Waals surface area contributed by atoms with Crippen molar-refractivity contribution in [3.8, 4) is 5.75 Å². The number of rotatable bonds is 9. The van der Waals surface area contributed by atoms with Crippen LogP contribution in [0.25, 0.3) is 0 Å². The minimum absolute atomic E-state index is 0.0484. The van der Waals surface area contributed by atoms with Crippen LogP contribution in [0.4, 0.5) is 11.4 Å². The van der Waals surface area contributed by atoms with Gasteiger partial charge in [-0.25, -0.2) is 0 Å². The Morgan fingerprint density at radius 1 is 1.26 bits per heavy atom. The lowest BCUT2D eigenvalue weighted by Crippen LogP contribution is -2.07. The minimum atomic E-state index is -0.496. The second-order valence-corrected chi connectivity index (χ2v) is 3.79. The van der Waals surface area contributed by atoms with E-state index in [1.54, 1.807) is 7.11 Å². The maximum absolute atomic E-state index is 10.5. The Labute approximate surface area is 111 Å². The van der Waals surface area contributed by atoms with Crippen molar-refractivity contribution in [1.29, 1.82) is 0 Å². The third-order valence-corrected chi connectivity index (χ3v) is 2.33. The number of nitrogens with zero attached hydrogens (tertiary/aromatic N) is 1. The van der Waals surface area contributed by atoms with Crippen molar-refractivity contribution in [3.63, 3.8) is 0 Å². The Balaban J connectivity index is 2.28. The van der Waals surface area contributed by atoms with Crippen molar-refractivity contribution < 1.29 is 19.1 Å². The van der Waals surface area contributed by atoms with Crippen LogP contribution in [-0.2, 0) is 9.47 Å². The van der Waals surface area contributed by atoms with Crippen LogP contribution in [-0.4, -0.2) is 38.5 Å². The highest BCUT2D eigenvalue weighted by molar-refractivity contribution is 5.58. The van der Waals surface area contributed by atoms with Crippen LogP contribution in [0.5, 0.6) is 5.75 Å². The number of hydrogen-bond acceptors (Lipinski definition) is 6. The van der Waals surface area contributed by atoms with Crippen LogP contribution >= 0.6 is 0 Å². The zero-order chi connectivity index (χ0) is 14.1. The number of ether oxygens (including phenoxy) is 3. The van der Waals surface area contributed by atoms with Crippen molar-refractivity contribution in [1.82, 2.24) is 0 Å². The van der Waals surface area contributed by atoms with Crippen LogP contribution in [0.2, 0.25) is 0 Å². The quantitative estimate of drug-likeness (QED) is 0.317. The predicted octanol–water partition coefficient (Wildman–Crippen LogP) is 1.61. The van der Waals surface area contributed by atoms with Gasteiger partial charge in [0.25, 0.3) is 5.69 Å². The van der Waals surface area contributed by atoms with Gasteiger partial charge < -0.3 is 19.9 Å². The van der Waals surface area contributed by atoms with E-state index in [1.807, 2.05) is 0 Å². The highest BCUT2D eigenvalue weighted by atomic mass is 16.6. The molecule has 0 unspecified atom stereocenters. The molecule has 0 aliphatic rings. The van der Waals surface area contributed by atoms with Crippen LogP contribution in [0.1, 0.15) is 6.42 Å². The van der Waals surface area contributed by atoms with Crippen molar-refractivity contribution in [2.75, 3.05) is 39.3 Å². The molecule has 1 aromatic rings. The molecule has 1 aromatic carbocycles. The molecule has 0 aliphatic heterocycles. The lowest BCUT2D eigenvalue weighted by Gasteiger charge is -2.08. The Hall–Kier alpha value is -1.86. The minimum Gasteiger partial charge on any atom is -0.491 e. The Bertz CT molecular complexity index is 411. The fourth-order valence-electron chi connectivity index (χ4n) is 1.37. The van der Waals surface area contributed by atoms with E-state index in [2.05, 4.69) is 0 Å². The molecule has 0 aromatic heterocycles. The van der Waals surface area contributed by atoms with Gasteiger partial charge in [0.1, 0.15) is 5.75 Å². The second kappa shape index (κ2) is 8.28. The van der Waals surface area contributed by atoms with Gasteiger partial charge in [-0.2, -0.15) is 0 Å². The van der Waals surface area contributed by atoms with E-state index >= 15 is 0 Å². The Kier molecular flexibility index (Phi) is 6.62. The molecule has 0 saturated heterocycles. The van der Waals surface area contributed by atoms with Gasteiger partial charge in [-0.05, 0) is 6.07 Å². The number of hydrogen-bond donors (Lipinski definition) is 1. The topological polar surface area (TPSA) is 96.8 Å².